The second-order valence-corrected chi connectivity index (χ2v) is 5.90. The number of nitrogens with zero attached hydrogens (tertiary/aromatic N) is 5. The van der Waals surface area contributed by atoms with Crippen LogP contribution in [0.2, 0.25) is 0 Å². The van der Waals surface area contributed by atoms with E-state index in [1.165, 1.54) is 16.8 Å². The number of anilines is 1. The Morgan fingerprint density at radius 3 is 2.67 bits per heavy atom. The molecule has 0 amide bonds. The number of ether oxygens (including phenoxy) is 1. The molecule has 24 heavy (non-hydrogen) atoms. The van der Waals surface area contributed by atoms with E-state index < -0.39 is 17.2 Å². The average molecular weight is 339 g/mol. The van der Waals surface area contributed by atoms with E-state index in [0.29, 0.717) is 37.4 Å². The van der Waals surface area contributed by atoms with Crippen molar-refractivity contribution in [2.24, 2.45) is 0 Å². The molecule has 1 aromatic heterocycles. The number of aliphatic hydroxyl groups is 1. The minimum absolute atomic E-state index is 0.0386. The van der Waals surface area contributed by atoms with Gasteiger partial charge in [-0.3, -0.25) is 0 Å². The molecule has 1 aromatic carbocycles. The molecule has 0 saturated carbocycles. The molecule has 1 aliphatic rings. The lowest BCUT2D eigenvalue weighted by molar-refractivity contribution is -0.0674. The van der Waals surface area contributed by atoms with Crippen LogP contribution in [0.1, 0.15) is 18.4 Å². The van der Waals surface area contributed by atoms with Gasteiger partial charge in [-0.25, -0.2) is 13.5 Å². The highest BCUT2D eigenvalue weighted by atomic mass is 19.1. The van der Waals surface area contributed by atoms with Crippen molar-refractivity contribution in [2.75, 3.05) is 31.7 Å². The fourth-order valence-corrected chi connectivity index (χ4v) is 2.88. The third-order valence-corrected chi connectivity index (χ3v) is 4.53. The molecular weight excluding hydrogens is 320 g/mol. The van der Waals surface area contributed by atoms with Gasteiger partial charge in [-0.05, 0) is 29.3 Å². The zero-order chi connectivity index (χ0) is 17.2. The monoisotopic (exact) mass is 339 g/mol. The van der Waals surface area contributed by atoms with Crippen molar-refractivity contribution in [3.63, 3.8) is 0 Å². The number of benzene rings is 1. The van der Waals surface area contributed by atoms with Crippen molar-refractivity contribution in [2.45, 2.75) is 25.0 Å². The van der Waals surface area contributed by atoms with Crippen molar-refractivity contribution < 1.29 is 18.6 Å². The average Bonchev–Trinajstić information content (AvgIpc) is 3.05. The summed E-state index contributed by atoms with van der Waals surface area (Å²) in [5.74, 6) is -0.737. The molecule has 0 bridgehead atoms. The first-order chi connectivity index (χ1) is 11.6. The number of methoxy groups -OCH3 is 1. The van der Waals surface area contributed by atoms with Gasteiger partial charge in [0.15, 0.2) is 0 Å². The summed E-state index contributed by atoms with van der Waals surface area (Å²) in [5.41, 5.74) is -0.221. The molecule has 130 valence electrons. The van der Waals surface area contributed by atoms with Crippen LogP contribution >= 0.6 is 0 Å². The highest BCUT2D eigenvalue weighted by Crippen LogP contribution is 2.27. The van der Waals surface area contributed by atoms with Gasteiger partial charge in [0, 0.05) is 31.8 Å². The lowest BCUT2D eigenvalue weighted by Gasteiger charge is -2.39. The Hall–Kier alpha value is -2.13. The highest BCUT2D eigenvalue weighted by molar-refractivity contribution is 5.31. The van der Waals surface area contributed by atoms with E-state index in [1.54, 1.807) is 7.11 Å². The van der Waals surface area contributed by atoms with Crippen LogP contribution in [0.3, 0.4) is 0 Å². The van der Waals surface area contributed by atoms with E-state index in [0.717, 1.165) is 6.07 Å². The second-order valence-electron chi connectivity index (χ2n) is 5.90. The van der Waals surface area contributed by atoms with Crippen LogP contribution in [0.15, 0.2) is 18.2 Å². The van der Waals surface area contributed by atoms with Crippen LogP contribution in [-0.2, 0) is 11.3 Å². The lowest BCUT2D eigenvalue weighted by atomic mass is 9.92. The summed E-state index contributed by atoms with van der Waals surface area (Å²) in [4.78, 5) is 1.97. The highest BCUT2D eigenvalue weighted by Gasteiger charge is 2.35. The molecule has 9 heteroatoms. The standard InChI is InChI=1S/C15H19F2N5O2/c1-24-15(10-23)4-6-21(7-5-15)14-18-19-20-22(14)9-11-2-3-12(16)8-13(11)17/h2-3,8,23H,4-7,9-10H2,1H3. The Labute approximate surface area is 137 Å². The second kappa shape index (κ2) is 6.78. The predicted octanol–water partition coefficient (Wildman–Crippen LogP) is 0.977. The van der Waals surface area contributed by atoms with Crippen LogP contribution in [0.5, 0.6) is 0 Å². The minimum Gasteiger partial charge on any atom is -0.393 e. The summed E-state index contributed by atoms with van der Waals surface area (Å²) in [5, 5.41) is 21.1. The first-order valence-corrected chi connectivity index (χ1v) is 7.68. The molecule has 0 spiro atoms. The molecule has 1 N–H and O–H groups in total. The Bertz CT molecular complexity index is 695. The Balaban J connectivity index is 1.74. The fourth-order valence-electron chi connectivity index (χ4n) is 2.88. The van der Waals surface area contributed by atoms with Crippen molar-refractivity contribution in [3.8, 4) is 0 Å². The number of aromatic nitrogens is 4. The SMILES string of the molecule is COC1(CO)CCN(c2nnnn2Cc2ccc(F)cc2F)CC1. The number of tetrazole rings is 1. The summed E-state index contributed by atoms with van der Waals surface area (Å²) >= 11 is 0. The normalized spacial score (nSPS) is 17.2. The van der Waals surface area contributed by atoms with Crippen molar-refractivity contribution in [1.82, 2.24) is 20.2 Å². The Morgan fingerprint density at radius 1 is 1.29 bits per heavy atom. The zero-order valence-electron chi connectivity index (χ0n) is 13.3. The van der Waals surface area contributed by atoms with Gasteiger partial charge in [0.05, 0.1) is 18.8 Å². The van der Waals surface area contributed by atoms with Crippen LogP contribution in [0.4, 0.5) is 14.7 Å². The summed E-state index contributed by atoms with van der Waals surface area (Å²) in [7, 11) is 1.59. The van der Waals surface area contributed by atoms with Crippen molar-refractivity contribution >= 4 is 5.95 Å². The van der Waals surface area contributed by atoms with Gasteiger partial charge >= 0.3 is 0 Å². The zero-order valence-corrected chi connectivity index (χ0v) is 13.3. The van der Waals surface area contributed by atoms with E-state index in [4.69, 9.17) is 4.74 Å². The van der Waals surface area contributed by atoms with E-state index in [1.807, 2.05) is 4.90 Å². The maximum Gasteiger partial charge on any atom is 0.245 e. The molecule has 7 nitrogen and oxygen atoms in total. The number of rotatable bonds is 5. The quantitative estimate of drug-likeness (QED) is 0.875. The molecule has 0 atom stereocenters. The first kappa shape index (κ1) is 16.7. The van der Waals surface area contributed by atoms with Crippen molar-refractivity contribution in [1.29, 1.82) is 0 Å². The summed E-state index contributed by atoms with van der Waals surface area (Å²) < 4.78 is 33.7. The molecule has 0 aliphatic carbocycles. The predicted molar refractivity (Wildman–Crippen MR) is 81.5 cm³/mol. The van der Waals surface area contributed by atoms with Gasteiger partial charge in [-0.1, -0.05) is 11.2 Å². The van der Waals surface area contributed by atoms with Crippen LogP contribution in [-0.4, -0.2) is 57.7 Å². The number of piperidine rings is 1. The largest absolute Gasteiger partial charge is 0.393 e. The van der Waals surface area contributed by atoms with E-state index >= 15 is 0 Å². The van der Waals surface area contributed by atoms with Gasteiger partial charge in [0.25, 0.3) is 0 Å². The number of halogens is 2. The first-order valence-electron chi connectivity index (χ1n) is 7.68. The van der Waals surface area contributed by atoms with Gasteiger partial charge < -0.3 is 14.7 Å². The van der Waals surface area contributed by atoms with E-state index in [2.05, 4.69) is 15.5 Å². The van der Waals surface area contributed by atoms with Crippen molar-refractivity contribution in [3.05, 3.63) is 35.4 Å². The maximum atomic E-state index is 13.8. The molecule has 1 aliphatic heterocycles. The third-order valence-electron chi connectivity index (χ3n) is 4.53. The number of hydrogen-bond acceptors (Lipinski definition) is 6. The molecular formula is C15H19F2N5O2. The smallest absolute Gasteiger partial charge is 0.245 e. The summed E-state index contributed by atoms with van der Waals surface area (Å²) in [6.45, 7) is 1.30. The fraction of sp³-hybridized carbons (Fsp3) is 0.533. The van der Waals surface area contributed by atoms with Gasteiger partial charge in [-0.15, -0.1) is 0 Å². The van der Waals surface area contributed by atoms with E-state index in [-0.39, 0.29) is 13.2 Å². The molecule has 0 radical (unpaired) electrons. The molecule has 3 rings (SSSR count). The number of hydrogen-bond donors (Lipinski definition) is 1. The topological polar surface area (TPSA) is 76.3 Å². The summed E-state index contributed by atoms with van der Waals surface area (Å²) in [6.07, 6.45) is 1.27. The molecule has 0 unspecified atom stereocenters. The number of aliphatic hydroxyl groups excluding tert-OH is 1. The third kappa shape index (κ3) is 3.22. The molecule has 2 aromatic rings. The van der Waals surface area contributed by atoms with Crippen LogP contribution in [0.25, 0.3) is 0 Å². The minimum atomic E-state index is -0.631. The van der Waals surface area contributed by atoms with Gasteiger partial charge in [0.1, 0.15) is 11.6 Å². The molecule has 1 saturated heterocycles. The molecule has 1 fully saturated rings. The van der Waals surface area contributed by atoms with Crippen LogP contribution < -0.4 is 4.90 Å². The Morgan fingerprint density at radius 2 is 2.04 bits per heavy atom. The van der Waals surface area contributed by atoms with Crippen LogP contribution in [0, 0.1) is 11.6 Å². The molecule has 2 heterocycles. The maximum absolute atomic E-state index is 13.8. The van der Waals surface area contributed by atoms with Gasteiger partial charge in [0.2, 0.25) is 5.95 Å². The Kier molecular flexibility index (Phi) is 4.72. The van der Waals surface area contributed by atoms with E-state index in [9.17, 15) is 13.9 Å². The lowest BCUT2D eigenvalue weighted by Crippen LogP contribution is -2.48. The van der Waals surface area contributed by atoms with Gasteiger partial charge in [-0.2, -0.15) is 0 Å². The summed E-state index contributed by atoms with van der Waals surface area (Å²) in [6, 6.07) is 3.43.